The van der Waals surface area contributed by atoms with E-state index < -0.39 is 11.9 Å². The number of hydrogen-bond donors (Lipinski definition) is 2. The Hall–Kier alpha value is -3.38. The number of halogens is 1. The van der Waals surface area contributed by atoms with Crippen molar-refractivity contribution in [3.63, 3.8) is 0 Å². The van der Waals surface area contributed by atoms with Gasteiger partial charge in [0, 0.05) is 34.6 Å². The maximum Gasteiger partial charge on any atom is 0.306 e. The second-order valence-corrected chi connectivity index (χ2v) is 7.08. The van der Waals surface area contributed by atoms with Crippen LogP contribution in [-0.2, 0) is 19.1 Å². The van der Waals surface area contributed by atoms with Gasteiger partial charge >= 0.3 is 5.97 Å². The van der Waals surface area contributed by atoms with Gasteiger partial charge in [0.15, 0.2) is 6.61 Å². The highest BCUT2D eigenvalue weighted by atomic mass is 35.5. The van der Waals surface area contributed by atoms with Crippen molar-refractivity contribution >= 4 is 51.5 Å². The van der Waals surface area contributed by atoms with Gasteiger partial charge in [-0.2, -0.15) is 0 Å². The van der Waals surface area contributed by atoms with E-state index in [0.29, 0.717) is 17.1 Å². The van der Waals surface area contributed by atoms with Crippen LogP contribution in [0.4, 0.5) is 11.4 Å². The SMILES string of the molecule is O=C(COC(=O)CCCC(=O)Nc1cccc2ccccc12)Nc1ccc(Cl)cc1. The first-order valence-corrected chi connectivity index (χ1v) is 9.88. The molecule has 3 rings (SSSR count). The van der Waals surface area contributed by atoms with Crippen LogP contribution in [0.5, 0.6) is 0 Å². The predicted molar refractivity (Wildman–Crippen MR) is 117 cm³/mol. The second-order valence-electron chi connectivity index (χ2n) is 6.64. The third kappa shape index (κ3) is 6.32. The van der Waals surface area contributed by atoms with E-state index in [1.807, 2.05) is 42.5 Å². The van der Waals surface area contributed by atoms with Crippen LogP contribution in [0.1, 0.15) is 19.3 Å². The van der Waals surface area contributed by atoms with E-state index in [-0.39, 0.29) is 25.4 Å². The molecule has 154 valence electrons. The molecule has 0 atom stereocenters. The summed E-state index contributed by atoms with van der Waals surface area (Å²) in [6, 6.07) is 20.1. The smallest absolute Gasteiger partial charge is 0.306 e. The third-order valence-electron chi connectivity index (χ3n) is 4.34. The lowest BCUT2D eigenvalue weighted by molar-refractivity contribution is -0.147. The summed E-state index contributed by atoms with van der Waals surface area (Å²) in [4.78, 5) is 35.8. The lowest BCUT2D eigenvalue weighted by atomic mass is 10.1. The molecule has 6 nitrogen and oxygen atoms in total. The zero-order valence-electron chi connectivity index (χ0n) is 16.2. The fourth-order valence-corrected chi connectivity index (χ4v) is 3.01. The number of anilines is 2. The minimum atomic E-state index is -0.529. The van der Waals surface area contributed by atoms with Crippen molar-refractivity contribution in [2.45, 2.75) is 19.3 Å². The Labute approximate surface area is 179 Å². The minimum Gasteiger partial charge on any atom is -0.456 e. The molecule has 30 heavy (non-hydrogen) atoms. The minimum absolute atomic E-state index is 0.0528. The van der Waals surface area contributed by atoms with E-state index in [9.17, 15) is 14.4 Å². The molecule has 0 saturated heterocycles. The first-order valence-electron chi connectivity index (χ1n) is 9.50. The number of rotatable bonds is 8. The van der Waals surface area contributed by atoms with Crippen molar-refractivity contribution in [1.82, 2.24) is 0 Å². The fourth-order valence-electron chi connectivity index (χ4n) is 2.89. The summed E-state index contributed by atoms with van der Waals surface area (Å²) in [5, 5.41) is 8.03. The molecule has 3 aromatic carbocycles. The van der Waals surface area contributed by atoms with Gasteiger partial charge in [-0.25, -0.2) is 0 Å². The molecule has 0 heterocycles. The topological polar surface area (TPSA) is 84.5 Å². The van der Waals surface area contributed by atoms with Gasteiger partial charge in [-0.15, -0.1) is 0 Å². The van der Waals surface area contributed by atoms with Gasteiger partial charge in [-0.3, -0.25) is 14.4 Å². The quantitative estimate of drug-likeness (QED) is 0.509. The van der Waals surface area contributed by atoms with Crippen molar-refractivity contribution < 1.29 is 19.1 Å². The van der Waals surface area contributed by atoms with E-state index in [1.165, 1.54) is 0 Å². The van der Waals surface area contributed by atoms with Gasteiger partial charge in [-0.05, 0) is 42.1 Å². The van der Waals surface area contributed by atoms with Crippen LogP contribution in [0.3, 0.4) is 0 Å². The Morgan fingerprint density at radius 2 is 1.53 bits per heavy atom. The highest BCUT2D eigenvalue weighted by Gasteiger charge is 2.10. The van der Waals surface area contributed by atoms with E-state index >= 15 is 0 Å². The van der Waals surface area contributed by atoms with Crippen LogP contribution in [0.15, 0.2) is 66.7 Å². The Morgan fingerprint density at radius 1 is 0.800 bits per heavy atom. The zero-order valence-corrected chi connectivity index (χ0v) is 16.9. The zero-order chi connectivity index (χ0) is 21.3. The van der Waals surface area contributed by atoms with E-state index in [0.717, 1.165) is 16.5 Å². The highest BCUT2D eigenvalue weighted by Crippen LogP contribution is 2.23. The molecular weight excluding hydrogens is 404 g/mol. The standard InChI is InChI=1S/C23H21ClN2O4/c24-17-11-13-18(14-12-17)25-22(28)15-30-23(29)10-4-9-21(27)26-20-8-3-6-16-5-1-2-7-19(16)20/h1-3,5-8,11-14H,4,9-10,15H2,(H,25,28)(H,26,27). The molecule has 3 aromatic rings. The molecule has 0 spiro atoms. The molecule has 0 aliphatic heterocycles. The number of ether oxygens (including phenoxy) is 1. The molecule has 7 heteroatoms. The lowest BCUT2D eigenvalue weighted by Crippen LogP contribution is -2.21. The summed E-state index contributed by atoms with van der Waals surface area (Å²) in [7, 11) is 0. The molecule has 2 amide bonds. The molecule has 0 unspecified atom stereocenters. The summed E-state index contributed by atoms with van der Waals surface area (Å²) in [6.45, 7) is -0.385. The Bertz CT molecular complexity index is 1050. The number of fused-ring (bicyclic) bond motifs is 1. The van der Waals surface area contributed by atoms with Crippen LogP contribution >= 0.6 is 11.6 Å². The number of carbonyl (C=O) groups excluding carboxylic acids is 3. The molecule has 0 aromatic heterocycles. The maximum absolute atomic E-state index is 12.2. The van der Waals surface area contributed by atoms with E-state index in [4.69, 9.17) is 16.3 Å². The summed E-state index contributed by atoms with van der Waals surface area (Å²) in [5.74, 6) is -1.15. The first-order chi connectivity index (χ1) is 14.5. The van der Waals surface area contributed by atoms with Crippen molar-refractivity contribution in [3.05, 3.63) is 71.8 Å². The number of amides is 2. The Balaban J connectivity index is 1.37. The monoisotopic (exact) mass is 424 g/mol. The van der Waals surface area contributed by atoms with Gasteiger partial charge in [-0.1, -0.05) is 48.0 Å². The van der Waals surface area contributed by atoms with Gasteiger partial charge < -0.3 is 15.4 Å². The van der Waals surface area contributed by atoms with Crippen LogP contribution in [0.25, 0.3) is 10.8 Å². The van der Waals surface area contributed by atoms with E-state index in [1.54, 1.807) is 24.3 Å². The summed E-state index contributed by atoms with van der Waals surface area (Å²) in [6.07, 6.45) is 0.556. The second kappa shape index (κ2) is 10.4. The lowest BCUT2D eigenvalue weighted by Gasteiger charge is -2.09. The van der Waals surface area contributed by atoms with Crippen molar-refractivity contribution in [3.8, 4) is 0 Å². The van der Waals surface area contributed by atoms with Gasteiger partial charge in [0.2, 0.25) is 5.91 Å². The maximum atomic E-state index is 12.2. The Kier molecular flexibility index (Phi) is 7.40. The molecule has 0 aliphatic carbocycles. The number of esters is 1. The van der Waals surface area contributed by atoms with E-state index in [2.05, 4.69) is 10.6 Å². The normalized spacial score (nSPS) is 10.4. The van der Waals surface area contributed by atoms with Crippen LogP contribution in [0, 0.1) is 0 Å². The summed E-state index contributed by atoms with van der Waals surface area (Å²) < 4.78 is 4.95. The van der Waals surface area contributed by atoms with Crippen LogP contribution < -0.4 is 10.6 Å². The molecule has 0 aliphatic rings. The number of benzene rings is 3. The molecule has 0 bridgehead atoms. The van der Waals surface area contributed by atoms with Gasteiger partial charge in [0.1, 0.15) is 0 Å². The molecule has 0 radical (unpaired) electrons. The van der Waals surface area contributed by atoms with Crippen molar-refractivity contribution in [1.29, 1.82) is 0 Å². The van der Waals surface area contributed by atoms with Crippen LogP contribution in [0.2, 0.25) is 5.02 Å². The van der Waals surface area contributed by atoms with Crippen molar-refractivity contribution in [2.24, 2.45) is 0 Å². The molecule has 2 N–H and O–H groups in total. The fraction of sp³-hybridized carbons (Fsp3) is 0.174. The average molecular weight is 425 g/mol. The van der Waals surface area contributed by atoms with Gasteiger partial charge in [0.05, 0.1) is 0 Å². The first kappa shape index (κ1) is 21.3. The van der Waals surface area contributed by atoms with Crippen molar-refractivity contribution in [2.75, 3.05) is 17.2 Å². The van der Waals surface area contributed by atoms with Crippen LogP contribution in [-0.4, -0.2) is 24.4 Å². The summed E-state index contributed by atoms with van der Waals surface area (Å²) in [5.41, 5.74) is 1.30. The average Bonchev–Trinajstić information content (AvgIpc) is 2.74. The number of hydrogen-bond acceptors (Lipinski definition) is 4. The largest absolute Gasteiger partial charge is 0.456 e. The molecular formula is C23H21ClN2O4. The Morgan fingerprint density at radius 3 is 2.33 bits per heavy atom. The summed E-state index contributed by atoms with van der Waals surface area (Å²) >= 11 is 5.78. The molecule has 0 fully saturated rings. The number of carbonyl (C=O) groups is 3. The number of nitrogens with one attached hydrogen (secondary N) is 2. The molecule has 0 saturated carbocycles. The van der Waals surface area contributed by atoms with Gasteiger partial charge in [0.25, 0.3) is 5.91 Å². The third-order valence-corrected chi connectivity index (χ3v) is 4.59. The predicted octanol–water partition coefficient (Wildman–Crippen LogP) is 4.78. The highest BCUT2D eigenvalue weighted by molar-refractivity contribution is 6.30.